The molecule has 2 aromatic rings. The third kappa shape index (κ3) is 4.40. The van der Waals surface area contributed by atoms with Crippen LogP contribution in [0.25, 0.3) is 0 Å². The summed E-state index contributed by atoms with van der Waals surface area (Å²) in [6.45, 7) is 4.63. The number of nitrogens with one attached hydrogen (secondary N) is 2. The van der Waals surface area contributed by atoms with Gasteiger partial charge in [0.05, 0.1) is 11.4 Å². The normalized spacial score (nSPS) is 13.7. The van der Waals surface area contributed by atoms with Gasteiger partial charge in [0.2, 0.25) is 0 Å². The van der Waals surface area contributed by atoms with Crippen molar-refractivity contribution in [2.75, 3.05) is 31.5 Å². The second-order valence-corrected chi connectivity index (χ2v) is 5.84. The van der Waals surface area contributed by atoms with E-state index in [1.807, 2.05) is 11.8 Å². The van der Waals surface area contributed by atoms with Crippen LogP contribution in [0.4, 0.5) is 10.6 Å². The van der Waals surface area contributed by atoms with Crippen molar-refractivity contribution in [3.63, 3.8) is 0 Å². The quantitative estimate of drug-likeness (QED) is 0.844. The van der Waals surface area contributed by atoms with E-state index in [1.165, 1.54) is 0 Å². The van der Waals surface area contributed by atoms with Crippen molar-refractivity contribution in [2.45, 2.75) is 26.2 Å². The first-order chi connectivity index (χ1) is 12.3. The molecule has 8 heteroatoms. The lowest BCUT2D eigenvalue weighted by atomic mass is 10.1. The zero-order valence-electron chi connectivity index (χ0n) is 14.4. The van der Waals surface area contributed by atoms with Crippen LogP contribution in [-0.4, -0.2) is 57.0 Å². The van der Waals surface area contributed by atoms with Crippen LogP contribution in [-0.2, 0) is 19.3 Å². The van der Waals surface area contributed by atoms with Gasteiger partial charge in [-0.2, -0.15) is 0 Å². The highest BCUT2D eigenvalue weighted by molar-refractivity contribution is 5.74. The first-order valence-corrected chi connectivity index (χ1v) is 8.62. The molecule has 0 aliphatic carbocycles. The van der Waals surface area contributed by atoms with Gasteiger partial charge in [-0.25, -0.2) is 14.8 Å². The Morgan fingerprint density at radius 2 is 2.08 bits per heavy atom. The van der Waals surface area contributed by atoms with E-state index < -0.39 is 0 Å². The number of nitrogens with zero attached hydrogens (tertiary/aromatic N) is 5. The highest BCUT2D eigenvalue weighted by Gasteiger charge is 2.21. The van der Waals surface area contributed by atoms with Gasteiger partial charge in [0, 0.05) is 63.2 Å². The molecule has 3 rings (SSSR count). The number of hydrogen-bond donors (Lipinski definition) is 2. The summed E-state index contributed by atoms with van der Waals surface area (Å²) in [5, 5.41) is 6.24. The molecule has 1 aliphatic heterocycles. The average molecular weight is 341 g/mol. The second kappa shape index (κ2) is 8.36. The summed E-state index contributed by atoms with van der Waals surface area (Å²) in [6.07, 6.45) is 8.99. The van der Waals surface area contributed by atoms with Gasteiger partial charge in [0.1, 0.15) is 12.1 Å². The van der Waals surface area contributed by atoms with Gasteiger partial charge < -0.3 is 15.5 Å². The smallest absolute Gasteiger partial charge is 0.317 e. The van der Waals surface area contributed by atoms with Crippen molar-refractivity contribution in [2.24, 2.45) is 0 Å². The van der Waals surface area contributed by atoms with E-state index in [2.05, 4.69) is 30.6 Å². The van der Waals surface area contributed by atoms with Crippen LogP contribution in [0.2, 0.25) is 0 Å². The third-order valence-electron chi connectivity index (χ3n) is 4.19. The minimum absolute atomic E-state index is 0.0135. The molecule has 0 atom stereocenters. The number of amides is 2. The Kier molecular flexibility index (Phi) is 5.71. The number of anilines is 1. The average Bonchev–Trinajstić information content (AvgIpc) is 2.86. The molecule has 0 saturated carbocycles. The molecule has 0 bridgehead atoms. The lowest BCUT2D eigenvalue weighted by Gasteiger charge is -2.20. The maximum atomic E-state index is 12.1. The minimum Gasteiger partial charge on any atom is -0.369 e. The van der Waals surface area contributed by atoms with Crippen molar-refractivity contribution in [3.8, 4) is 0 Å². The van der Waals surface area contributed by atoms with E-state index in [4.69, 9.17) is 0 Å². The summed E-state index contributed by atoms with van der Waals surface area (Å²) >= 11 is 0. The van der Waals surface area contributed by atoms with Crippen molar-refractivity contribution >= 4 is 11.8 Å². The summed E-state index contributed by atoms with van der Waals surface area (Å²) in [5.41, 5.74) is 3.06. The molecule has 132 valence electrons. The molecule has 0 spiro atoms. The number of urea groups is 1. The van der Waals surface area contributed by atoms with Gasteiger partial charge in [0.25, 0.3) is 0 Å². The largest absolute Gasteiger partial charge is 0.369 e. The molecule has 0 aromatic carbocycles. The fourth-order valence-corrected chi connectivity index (χ4v) is 2.91. The first kappa shape index (κ1) is 17.1. The highest BCUT2D eigenvalue weighted by atomic mass is 16.2. The number of fused-ring (bicyclic) bond motifs is 1. The number of aromatic nitrogens is 4. The molecule has 0 radical (unpaired) electrons. The Labute approximate surface area is 147 Å². The Hall–Kier alpha value is -2.77. The lowest BCUT2D eigenvalue weighted by molar-refractivity contribution is 0.201. The standard InChI is InChI=1S/C17H23N7O/c1-2-19-17(25)24-9-4-14-15(5-10-24)22-12-23-16(14)21-6-3-13-11-18-7-8-20-13/h7-8,11-12H,2-6,9-10H2,1H3,(H,19,25)(H,21,22,23). The molecule has 25 heavy (non-hydrogen) atoms. The van der Waals surface area contributed by atoms with Gasteiger partial charge in [-0.1, -0.05) is 0 Å². The summed E-state index contributed by atoms with van der Waals surface area (Å²) in [4.78, 5) is 31.1. The van der Waals surface area contributed by atoms with Gasteiger partial charge in [-0.15, -0.1) is 0 Å². The third-order valence-corrected chi connectivity index (χ3v) is 4.19. The molecule has 2 aromatic heterocycles. The van der Waals surface area contributed by atoms with Gasteiger partial charge in [-0.05, 0) is 13.3 Å². The van der Waals surface area contributed by atoms with E-state index in [0.29, 0.717) is 19.6 Å². The fraction of sp³-hybridized carbons (Fsp3) is 0.471. The van der Waals surface area contributed by atoms with Crippen LogP contribution >= 0.6 is 0 Å². The predicted octanol–water partition coefficient (Wildman–Crippen LogP) is 1.05. The molecule has 8 nitrogen and oxygen atoms in total. The zero-order valence-corrected chi connectivity index (χ0v) is 14.4. The topological polar surface area (TPSA) is 95.9 Å². The SMILES string of the molecule is CCNC(=O)N1CCc2ncnc(NCCc3cnccn3)c2CC1. The number of carbonyl (C=O) groups is 1. The van der Waals surface area contributed by atoms with Crippen molar-refractivity contribution in [1.29, 1.82) is 0 Å². The Balaban J connectivity index is 1.63. The second-order valence-electron chi connectivity index (χ2n) is 5.84. The van der Waals surface area contributed by atoms with Gasteiger partial charge >= 0.3 is 6.03 Å². The van der Waals surface area contributed by atoms with E-state index in [1.54, 1.807) is 24.9 Å². The monoisotopic (exact) mass is 341 g/mol. The zero-order chi connectivity index (χ0) is 17.5. The fourth-order valence-electron chi connectivity index (χ4n) is 2.91. The summed E-state index contributed by atoms with van der Waals surface area (Å²) in [6, 6.07) is -0.0135. The first-order valence-electron chi connectivity index (χ1n) is 8.62. The van der Waals surface area contributed by atoms with Crippen molar-refractivity contribution in [1.82, 2.24) is 30.2 Å². The van der Waals surface area contributed by atoms with E-state index in [-0.39, 0.29) is 6.03 Å². The highest BCUT2D eigenvalue weighted by Crippen LogP contribution is 2.20. The Bertz CT molecular complexity index is 707. The summed E-state index contributed by atoms with van der Waals surface area (Å²) in [7, 11) is 0. The van der Waals surface area contributed by atoms with E-state index in [0.717, 1.165) is 48.6 Å². The van der Waals surface area contributed by atoms with Crippen LogP contribution in [0.3, 0.4) is 0 Å². The Morgan fingerprint density at radius 3 is 2.88 bits per heavy atom. The molecule has 0 saturated heterocycles. The van der Waals surface area contributed by atoms with Crippen LogP contribution < -0.4 is 10.6 Å². The summed E-state index contributed by atoms with van der Waals surface area (Å²) < 4.78 is 0. The molecule has 2 amide bonds. The molecule has 3 heterocycles. The molecule has 0 fully saturated rings. The van der Waals surface area contributed by atoms with Crippen LogP contribution in [0, 0.1) is 0 Å². The molecular weight excluding hydrogens is 318 g/mol. The maximum Gasteiger partial charge on any atom is 0.317 e. The Morgan fingerprint density at radius 1 is 1.20 bits per heavy atom. The van der Waals surface area contributed by atoms with E-state index >= 15 is 0 Å². The van der Waals surface area contributed by atoms with Gasteiger partial charge in [-0.3, -0.25) is 9.97 Å². The maximum absolute atomic E-state index is 12.1. The lowest BCUT2D eigenvalue weighted by Crippen LogP contribution is -2.41. The van der Waals surface area contributed by atoms with E-state index in [9.17, 15) is 4.79 Å². The van der Waals surface area contributed by atoms with Crippen molar-refractivity contribution < 1.29 is 4.79 Å². The van der Waals surface area contributed by atoms with Crippen LogP contribution in [0.5, 0.6) is 0 Å². The molecule has 1 aliphatic rings. The van der Waals surface area contributed by atoms with Crippen LogP contribution in [0.15, 0.2) is 24.9 Å². The number of carbonyl (C=O) groups excluding carboxylic acids is 1. The number of rotatable bonds is 5. The number of hydrogen-bond acceptors (Lipinski definition) is 6. The summed E-state index contributed by atoms with van der Waals surface area (Å²) in [5.74, 6) is 0.853. The van der Waals surface area contributed by atoms with Gasteiger partial charge in [0.15, 0.2) is 0 Å². The molecular formula is C17H23N7O. The minimum atomic E-state index is -0.0135. The molecule has 0 unspecified atom stereocenters. The molecule has 2 N–H and O–H groups in total. The van der Waals surface area contributed by atoms with Crippen molar-refractivity contribution in [3.05, 3.63) is 41.9 Å². The van der Waals surface area contributed by atoms with Crippen LogP contribution in [0.1, 0.15) is 23.9 Å². The predicted molar refractivity (Wildman–Crippen MR) is 94.3 cm³/mol.